The fraction of sp³-hybridized carbons (Fsp3) is 0.684. The molecular weight excluding hydrogens is 302 g/mol. The molecule has 1 saturated heterocycles. The molecule has 0 amide bonds. The summed E-state index contributed by atoms with van der Waals surface area (Å²) in [5.74, 6) is 1.01. The molecule has 2 N–H and O–H groups in total. The first kappa shape index (κ1) is 18.8. The maximum absolute atomic E-state index is 6.30. The van der Waals surface area contributed by atoms with Crippen LogP contribution in [0.2, 0.25) is 0 Å². The van der Waals surface area contributed by atoms with Gasteiger partial charge < -0.3 is 15.5 Å². The van der Waals surface area contributed by atoms with Crippen LogP contribution in [0, 0.1) is 0 Å². The van der Waals surface area contributed by atoms with Gasteiger partial charge in [-0.2, -0.15) is 0 Å². The summed E-state index contributed by atoms with van der Waals surface area (Å²) in [7, 11) is 0. The van der Waals surface area contributed by atoms with E-state index in [1.807, 2.05) is 11.8 Å². The van der Waals surface area contributed by atoms with Gasteiger partial charge in [-0.05, 0) is 64.1 Å². The highest BCUT2D eigenvalue weighted by atomic mass is 32.2. The molecule has 3 nitrogen and oxygen atoms in total. The quantitative estimate of drug-likeness (QED) is 0.702. The van der Waals surface area contributed by atoms with E-state index in [4.69, 9.17) is 5.73 Å². The normalized spacial score (nSPS) is 18.4. The highest BCUT2D eigenvalue weighted by Crippen LogP contribution is 2.19. The van der Waals surface area contributed by atoms with Gasteiger partial charge in [0.05, 0.1) is 0 Å². The first-order valence-electron chi connectivity index (χ1n) is 9.12. The molecule has 1 aromatic rings. The summed E-state index contributed by atoms with van der Waals surface area (Å²) >= 11 is 1.88. The molecular formula is C19H33N3S. The van der Waals surface area contributed by atoms with Gasteiger partial charge in [-0.1, -0.05) is 32.0 Å². The number of hydrogen-bond donors (Lipinski definition) is 1. The van der Waals surface area contributed by atoms with Crippen molar-refractivity contribution in [3.8, 4) is 0 Å². The Morgan fingerprint density at radius 1 is 1.17 bits per heavy atom. The van der Waals surface area contributed by atoms with Crippen molar-refractivity contribution in [3.63, 3.8) is 0 Å². The van der Waals surface area contributed by atoms with Gasteiger partial charge in [-0.15, -0.1) is 11.8 Å². The van der Waals surface area contributed by atoms with Gasteiger partial charge in [0.15, 0.2) is 0 Å². The second-order valence-electron chi connectivity index (χ2n) is 6.47. The van der Waals surface area contributed by atoms with Crippen LogP contribution in [0.5, 0.6) is 0 Å². The van der Waals surface area contributed by atoms with Crippen molar-refractivity contribution in [1.82, 2.24) is 9.80 Å². The molecule has 1 unspecified atom stereocenters. The van der Waals surface area contributed by atoms with Gasteiger partial charge in [-0.25, -0.2) is 0 Å². The lowest BCUT2D eigenvalue weighted by Crippen LogP contribution is -2.45. The third kappa shape index (κ3) is 6.46. The summed E-state index contributed by atoms with van der Waals surface area (Å²) in [6, 6.07) is 11.7. The van der Waals surface area contributed by atoms with Gasteiger partial charge in [0, 0.05) is 22.7 Å². The van der Waals surface area contributed by atoms with Gasteiger partial charge >= 0.3 is 0 Å². The van der Waals surface area contributed by atoms with Gasteiger partial charge in [0.2, 0.25) is 0 Å². The monoisotopic (exact) mass is 335 g/mol. The first-order valence-corrected chi connectivity index (χ1v) is 10.1. The van der Waals surface area contributed by atoms with Crippen LogP contribution in [-0.2, 0) is 0 Å². The van der Waals surface area contributed by atoms with Crippen molar-refractivity contribution in [1.29, 1.82) is 0 Å². The summed E-state index contributed by atoms with van der Waals surface area (Å²) < 4.78 is 0. The number of nitrogens with two attached hydrogens (primary N) is 1. The summed E-state index contributed by atoms with van der Waals surface area (Å²) in [6.45, 7) is 10.5. The zero-order valence-electron chi connectivity index (χ0n) is 14.8. The van der Waals surface area contributed by atoms with Crippen LogP contribution in [0.4, 0.5) is 0 Å². The van der Waals surface area contributed by atoms with E-state index in [0.717, 1.165) is 24.8 Å². The third-order valence-corrected chi connectivity index (χ3v) is 6.11. The minimum absolute atomic E-state index is 0.292. The molecule has 1 fully saturated rings. The highest BCUT2D eigenvalue weighted by Gasteiger charge is 2.22. The minimum Gasteiger partial charge on any atom is -0.327 e. The number of thioether (sulfide) groups is 1. The molecule has 0 bridgehead atoms. The van der Waals surface area contributed by atoms with Crippen LogP contribution in [0.25, 0.3) is 0 Å². The maximum atomic E-state index is 6.30. The smallest absolute Gasteiger partial charge is 0.0146 e. The zero-order chi connectivity index (χ0) is 16.5. The highest BCUT2D eigenvalue weighted by molar-refractivity contribution is 7.99. The van der Waals surface area contributed by atoms with Crippen molar-refractivity contribution in [2.45, 2.75) is 50.1 Å². The molecule has 2 rings (SSSR count). The van der Waals surface area contributed by atoms with Crippen LogP contribution in [0.1, 0.15) is 33.1 Å². The predicted molar refractivity (Wildman–Crippen MR) is 102 cm³/mol. The molecule has 1 aliphatic heterocycles. The lowest BCUT2D eigenvalue weighted by Gasteiger charge is -2.38. The van der Waals surface area contributed by atoms with Crippen molar-refractivity contribution in [3.05, 3.63) is 30.3 Å². The van der Waals surface area contributed by atoms with E-state index >= 15 is 0 Å². The van der Waals surface area contributed by atoms with E-state index in [2.05, 4.69) is 54.0 Å². The summed E-state index contributed by atoms with van der Waals surface area (Å²) in [5, 5.41) is 0. The van der Waals surface area contributed by atoms with Crippen molar-refractivity contribution in [2.75, 3.05) is 38.5 Å². The van der Waals surface area contributed by atoms with Crippen LogP contribution in [0.15, 0.2) is 35.2 Å². The average molecular weight is 336 g/mol. The number of hydrogen-bond acceptors (Lipinski definition) is 4. The fourth-order valence-corrected chi connectivity index (χ4v) is 4.32. The molecule has 0 aromatic heterocycles. The lowest BCUT2D eigenvalue weighted by atomic mass is 10.0. The minimum atomic E-state index is 0.292. The molecule has 1 heterocycles. The second kappa shape index (κ2) is 10.3. The Morgan fingerprint density at radius 3 is 2.43 bits per heavy atom. The molecule has 1 aliphatic rings. The summed E-state index contributed by atoms with van der Waals surface area (Å²) in [4.78, 5) is 6.54. The molecule has 1 atom stereocenters. The molecule has 0 spiro atoms. The molecule has 4 heteroatoms. The van der Waals surface area contributed by atoms with E-state index in [1.165, 1.54) is 43.9 Å². The van der Waals surface area contributed by atoms with Gasteiger partial charge in [-0.3, -0.25) is 0 Å². The molecule has 0 saturated carbocycles. The van der Waals surface area contributed by atoms with Crippen molar-refractivity contribution < 1.29 is 0 Å². The number of benzene rings is 1. The Labute approximate surface area is 146 Å². The zero-order valence-corrected chi connectivity index (χ0v) is 15.6. The Hall–Kier alpha value is -0.550. The van der Waals surface area contributed by atoms with Gasteiger partial charge in [0.1, 0.15) is 0 Å². The average Bonchev–Trinajstić information content (AvgIpc) is 2.61. The van der Waals surface area contributed by atoms with Crippen molar-refractivity contribution in [2.24, 2.45) is 5.73 Å². The first-order chi connectivity index (χ1) is 11.2. The molecule has 1 aromatic carbocycles. The van der Waals surface area contributed by atoms with E-state index < -0.39 is 0 Å². The van der Waals surface area contributed by atoms with E-state index in [1.54, 1.807) is 0 Å². The predicted octanol–water partition coefficient (Wildman–Crippen LogP) is 3.30. The maximum Gasteiger partial charge on any atom is 0.0146 e. The van der Waals surface area contributed by atoms with Crippen LogP contribution in [0.3, 0.4) is 0 Å². The number of piperidine rings is 1. The largest absolute Gasteiger partial charge is 0.327 e. The lowest BCUT2D eigenvalue weighted by molar-refractivity contribution is 0.115. The fourth-order valence-electron chi connectivity index (χ4n) is 3.40. The topological polar surface area (TPSA) is 32.5 Å². The summed E-state index contributed by atoms with van der Waals surface area (Å²) in [6.07, 6.45) is 3.74. The van der Waals surface area contributed by atoms with Crippen LogP contribution in [-0.4, -0.2) is 60.4 Å². The second-order valence-corrected chi connectivity index (χ2v) is 7.56. The molecule has 0 aliphatic carbocycles. The number of likely N-dealkylation sites (tertiary alicyclic amines) is 1. The van der Waals surface area contributed by atoms with Crippen LogP contribution >= 0.6 is 11.8 Å². The van der Waals surface area contributed by atoms with E-state index in [-0.39, 0.29) is 0 Å². The number of rotatable bonds is 9. The van der Waals surface area contributed by atoms with Gasteiger partial charge in [0.25, 0.3) is 0 Å². The standard InChI is InChI=1S/C19H33N3S/c1-3-22(4-2)18-11-14-21(15-12-18)13-10-17(20)16-23-19-8-6-5-7-9-19/h5-9,17-18H,3-4,10-16,20H2,1-2H3. The number of nitrogens with zero attached hydrogens (tertiary/aromatic N) is 2. The third-order valence-electron chi connectivity index (χ3n) is 4.91. The Bertz CT molecular complexity index is 414. The van der Waals surface area contributed by atoms with Crippen LogP contribution < -0.4 is 5.73 Å². The van der Waals surface area contributed by atoms with Crippen molar-refractivity contribution >= 4 is 11.8 Å². The molecule has 130 valence electrons. The Morgan fingerprint density at radius 2 is 1.83 bits per heavy atom. The van der Waals surface area contributed by atoms with E-state index in [9.17, 15) is 0 Å². The molecule has 0 radical (unpaired) electrons. The molecule has 23 heavy (non-hydrogen) atoms. The van der Waals surface area contributed by atoms with E-state index in [0.29, 0.717) is 6.04 Å². The summed E-state index contributed by atoms with van der Waals surface area (Å²) in [5.41, 5.74) is 6.30. The SMILES string of the molecule is CCN(CC)C1CCN(CCC(N)CSc2ccccc2)CC1. The Balaban J connectivity index is 1.61. The Kier molecular flexibility index (Phi) is 8.45.